The molecule has 0 bridgehead atoms. The second-order valence-electron chi connectivity index (χ2n) is 6.23. The molecule has 0 amide bonds. The molecule has 0 radical (unpaired) electrons. The number of anilines is 1. The highest BCUT2D eigenvalue weighted by Gasteiger charge is 2.15. The third-order valence-electron chi connectivity index (χ3n) is 4.35. The molecule has 154 valence electrons. The Hall–Kier alpha value is -1.95. The second kappa shape index (κ2) is 11.1. The first-order chi connectivity index (χ1) is 13.2. The molecule has 0 atom stereocenters. The summed E-state index contributed by atoms with van der Waals surface area (Å²) in [6.45, 7) is 6.31. The van der Waals surface area contributed by atoms with Crippen LogP contribution in [0.4, 0.5) is 10.1 Å². The number of nitrogens with zero attached hydrogens (tertiary/aromatic N) is 5. The summed E-state index contributed by atoms with van der Waals surface area (Å²) < 4.78 is 21.5. The summed E-state index contributed by atoms with van der Waals surface area (Å²) in [6.07, 6.45) is 1.51. The topological polar surface area (TPSA) is 79.6 Å². The van der Waals surface area contributed by atoms with Gasteiger partial charge in [0.2, 0.25) is 0 Å². The van der Waals surface area contributed by atoms with Crippen molar-refractivity contribution < 1.29 is 9.13 Å². The standard InChI is InChI=1S/C18H26FN7O.HI/c1-3-20-18(22-12-17-23-13-24-25(17)2)21-11-14-4-5-16(15(19)10-14)26-6-8-27-9-7-26;/h4-5,10,13H,3,6-9,11-12H2,1-2H3,(H2,20,21,22);1H. The summed E-state index contributed by atoms with van der Waals surface area (Å²) in [4.78, 5) is 10.7. The lowest BCUT2D eigenvalue weighted by Crippen LogP contribution is -2.37. The van der Waals surface area contributed by atoms with Gasteiger partial charge in [-0.25, -0.2) is 14.4 Å². The molecule has 1 fully saturated rings. The minimum absolute atomic E-state index is 0. The van der Waals surface area contributed by atoms with E-state index < -0.39 is 0 Å². The van der Waals surface area contributed by atoms with Crippen LogP contribution in [-0.4, -0.2) is 53.6 Å². The molecule has 2 N–H and O–H groups in total. The number of hydrogen-bond acceptors (Lipinski definition) is 5. The quantitative estimate of drug-likeness (QED) is 0.355. The van der Waals surface area contributed by atoms with E-state index in [1.165, 1.54) is 6.33 Å². The van der Waals surface area contributed by atoms with E-state index in [0.29, 0.717) is 51.0 Å². The Kier molecular flexibility index (Phi) is 8.90. The van der Waals surface area contributed by atoms with Crippen molar-refractivity contribution in [3.8, 4) is 0 Å². The van der Waals surface area contributed by atoms with Gasteiger partial charge < -0.3 is 20.3 Å². The molecule has 0 saturated carbocycles. The molecule has 1 aromatic carbocycles. The van der Waals surface area contributed by atoms with Gasteiger partial charge in [0.05, 0.1) is 32.0 Å². The highest BCUT2D eigenvalue weighted by atomic mass is 127. The van der Waals surface area contributed by atoms with Crippen molar-refractivity contribution in [2.75, 3.05) is 37.7 Å². The van der Waals surface area contributed by atoms with Gasteiger partial charge in [-0.2, -0.15) is 5.10 Å². The van der Waals surface area contributed by atoms with E-state index in [-0.39, 0.29) is 29.8 Å². The Bertz CT molecular complexity index is 777. The predicted molar refractivity (Wildman–Crippen MR) is 118 cm³/mol. The van der Waals surface area contributed by atoms with E-state index in [1.807, 2.05) is 31.0 Å². The first-order valence-corrected chi connectivity index (χ1v) is 9.13. The Morgan fingerprint density at radius 3 is 2.71 bits per heavy atom. The van der Waals surface area contributed by atoms with Crippen molar-refractivity contribution in [1.29, 1.82) is 0 Å². The third-order valence-corrected chi connectivity index (χ3v) is 4.35. The highest BCUT2D eigenvalue weighted by molar-refractivity contribution is 14.0. The Morgan fingerprint density at radius 1 is 1.29 bits per heavy atom. The van der Waals surface area contributed by atoms with Gasteiger partial charge in [-0.05, 0) is 24.6 Å². The summed E-state index contributed by atoms with van der Waals surface area (Å²) in [5.41, 5.74) is 1.44. The fourth-order valence-electron chi connectivity index (χ4n) is 2.86. The molecular weight excluding hydrogens is 476 g/mol. The summed E-state index contributed by atoms with van der Waals surface area (Å²) >= 11 is 0. The minimum Gasteiger partial charge on any atom is -0.378 e. The van der Waals surface area contributed by atoms with Crippen LogP contribution in [0, 0.1) is 5.82 Å². The van der Waals surface area contributed by atoms with Gasteiger partial charge in [0.1, 0.15) is 18.0 Å². The van der Waals surface area contributed by atoms with Crippen LogP contribution in [0.2, 0.25) is 0 Å². The Morgan fingerprint density at radius 2 is 2.07 bits per heavy atom. The number of ether oxygens (including phenoxy) is 1. The van der Waals surface area contributed by atoms with Crippen LogP contribution in [0.15, 0.2) is 29.5 Å². The lowest BCUT2D eigenvalue weighted by Gasteiger charge is -2.29. The fourth-order valence-corrected chi connectivity index (χ4v) is 2.86. The zero-order valence-electron chi connectivity index (χ0n) is 16.2. The molecule has 0 spiro atoms. The van der Waals surface area contributed by atoms with Gasteiger partial charge in [-0.3, -0.25) is 4.68 Å². The Labute approximate surface area is 181 Å². The molecule has 1 aliphatic heterocycles. The maximum atomic E-state index is 14.5. The maximum Gasteiger partial charge on any atom is 0.191 e. The van der Waals surface area contributed by atoms with Crippen molar-refractivity contribution in [3.63, 3.8) is 0 Å². The molecule has 0 unspecified atom stereocenters. The number of aryl methyl sites for hydroxylation is 1. The van der Waals surface area contributed by atoms with E-state index in [1.54, 1.807) is 10.7 Å². The number of morpholine rings is 1. The smallest absolute Gasteiger partial charge is 0.191 e. The summed E-state index contributed by atoms with van der Waals surface area (Å²) in [6, 6.07) is 5.30. The molecule has 1 aliphatic rings. The van der Waals surface area contributed by atoms with Crippen LogP contribution in [0.5, 0.6) is 0 Å². The first-order valence-electron chi connectivity index (χ1n) is 9.13. The fraction of sp³-hybridized carbons (Fsp3) is 0.500. The van der Waals surface area contributed by atoms with Crippen molar-refractivity contribution in [2.45, 2.75) is 20.0 Å². The number of guanidine groups is 1. The van der Waals surface area contributed by atoms with E-state index >= 15 is 0 Å². The van der Waals surface area contributed by atoms with Gasteiger partial charge in [0, 0.05) is 26.7 Å². The molecule has 10 heteroatoms. The number of halogens is 2. The molecular formula is C18H27FIN7O. The number of hydrogen-bond donors (Lipinski definition) is 2. The lowest BCUT2D eigenvalue weighted by molar-refractivity contribution is 0.122. The predicted octanol–water partition coefficient (Wildman–Crippen LogP) is 1.66. The summed E-state index contributed by atoms with van der Waals surface area (Å²) in [7, 11) is 1.84. The third kappa shape index (κ3) is 6.03. The van der Waals surface area contributed by atoms with E-state index in [4.69, 9.17) is 4.74 Å². The molecule has 1 aromatic heterocycles. The molecule has 2 heterocycles. The van der Waals surface area contributed by atoms with E-state index in [2.05, 4.69) is 25.7 Å². The van der Waals surface area contributed by atoms with Crippen LogP contribution in [0.1, 0.15) is 18.3 Å². The Balaban J connectivity index is 0.00000280. The average Bonchev–Trinajstić information content (AvgIpc) is 3.09. The van der Waals surface area contributed by atoms with Crippen LogP contribution < -0.4 is 15.5 Å². The molecule has 3 rings (SSSR count). The molecule has 2 aromatic rings. The zero-order chi connectivity index (χ0) is 19.1. The molecule has 28 heavy (non-hydrogen) atoms. The van der Waals surface area contributed by atoms with Crippen molar-refractivity contribution >= 4 is 35.6 Å². The van der Waals surface area contributed by atoms with Gasteiger partial charge in [-0.1, -0.05) is 6.07 Å². The van der Waals surface area contributed by atoms with Crippen molar-refractivity contribution in [1.82, 2.24) is 25.4 Å². The largest absolute Gasteiger partial charge is 0.378 e. The maximum absolute atomic E-state index is 14.5. The molecule has 1 saturated heterocycles. The zero-order valence-corrected chi connectivity index (χ0v) is 18.5. The average molecular weight is 503 g/mol. The van der Waals surface area contributed by atoms with Crippen LogP contribution in [-0.2, 0) is 24.9 Å². The van der Waals surface area contributed by atoms with Crippen LogP contribution in [0.3, 0.4) is 0 Å². The first kappa shape index (κ1) is 22.3. The lowest BCUT2D eigenvalue weighted by atomic mass is 10.1. The van der Waals surface area contributed by atoms with E-state index in [9.17, 15) is 4.39 Å². The van der Waals surface area contributed by atoms with Crippen molar-refractivity contribution in [2.24, 2.45) is 12.0 Å². The minimum atomic E-state index is -0.221. The number of rotatable bonds is 6. The monoisotopic (exact) mass is 503 g/mol. The molecule has 8 nitrogen and oxygen atoms in total. The van der Waals surface area contributed by atoms with Gasteiger partial charge in [0.15, 0.2) is 5.96 Å². The normalized spacial score (nSPS) is 14.5. The van der Waals surface area contributed by atoms with Crippen LogP contribution in [0.25, 0.3) is 0 Å². The molecule has 0 aliphatic carbocycles. The van der Waals surface area contributed by atoms with Gasteiger partial charge in [-0.15, -0.1) is 24.0 Å². The number of aromatic nitrogens is 3. The second-order valence-corrected chi connectivity index (χ2v) is 6.23. The number of benzene rings is 1. The highest BCUT2D eigenvalue weighted by Crippen LogP contribution is 2.21. The van der Waals surface area contributed by atoms with Gasteiger partial charge in [0.25, 0.3) is 0 Å². The SMILES string of the molecule is CCNC(=NCc1ccc(N2CCOCC2)c(F)c1)NCc1ncnn1C.I. The number of nitrogens with one attached hydrogen (secondary N) is 2. The van der Waals surface area contributed by atoms with Crippen molar-refractivity contribution in [3.05, 3.63) is 41.7 Å². The van der Waals surface area contributed by atoms with E-state index in [0.717, 1.165) is 17.9 Å². The summed E-state index contributed by atoms with van der Waals surface area (Å²) in [5, 5.41) is 10.4. The number of aliphatic imine (C=N–C) groups is 1. The summed E-state index contributed by atoms with van der Waals surface area (Å²) in [5.74, 6) is 1.24. The van der Waals surface area contributed by atoms with Gasteiger partial charge >= 0.3 is 0 Å². The van der Waals surface area contributed by atoms with Crippen LogP contribution >= 0.6 is 24.0 Å².